The van der Waals surface area contributed by atoms with Gasteiger partial charge in [-0.3, -0.25) is 4.79 Å². The Morgan fingerprint density at radius 1 is 1.20 bits per heavy atom. The van der Waals surface area contributed by atoms with Gasteiger partial charge < -0.3 is 10.4 Å². The molecule has 104 valence electrons. The molecule has 2 unspecified atom stereocenters. The number of fused-ring (bicyclic) bond motifs is 1. The fraction of sp³-hybridized carbons (Fsp3) is 0.353. The lowest BCUT2D eigenvalue weighted by Gasteiger charge is -2.07. The Morgan fingerprint density at radius 3 is 2.80 bits per heavy atom. The first kappa shape index (κ1) is 13.1. The number of benzene rings is 2. The summed E-state index contributed by atoms with van der Waals surface area (Å²) in [5, 5.41) is 14.8. The summed E-state index contributed by atoms with van der Waals surface area (Å²) in [5.41, 5.74) is 1.35. The van der Waals surface area contributed by atoms with Crippen molar-refractivity contribution < 1.29 is 9.90 Å². The summed E-state index contributed by atoms with van der Waals surface area (Å²) in [6, 6.07) is 14.8. The smallest absolute Gasteiger partial charge is 0.306 e. The van der Waals surface area contributed by atoms with Crippen molar-refractivity contribution in [3.05, 3.63) is 48.0 Å². The molecule has 0 saturated heterocycles. The third kappa shape index (κ3) is 2.83. The highest BCUT2D eigenvalue weighted by Crippen LogP contribution is 2.37. The van der Waals surface area contributed by atoms with Crippen molar-refractivity contribution >= 4 is 16.7 Å². The number of hydrogen-bond donors (Lipinski definition) is 2. The van der Waals surface area contributed by atoms with Crippen LogP contribution in [0.2, 0.25) is 0 Å². The minimum Gasteiger partial charge on any atom is -0.481 e. The van der Waals surface area contributed by atoms with Crippen molar-refractivity contribution in [1.29, 1.82) is 0 Å². The quantitative estimate of drug-likeness (QED) is 0.793. The molecule has 0 heterocycles. The molecule has 20 heavy (non-hydrogen) atoms. The summed E-state index contributed by atoms with van der Waals surface area (Å²) in [6.07, 6.45) is 1.81. The van der Waals surface area contributed by atoms with Crippen LogP contribution in [0.15, 0.2) is 42.5 Å². The minimum atomic E-state index is -0.647. The van der Waals surface area contributed by atoms with E-state index in [2.05, 4.69) is 47.8 Å². The molecule has 2 aromatic rings. The highest BCUT2D eigenvalue weighted by atomic mass is 16.4. The third-order valence-corrected chi connectivity index (χ3v) is 4.10. The molecule has 0 aliphatic heterocycles. The van der Waals surface area contributed by atoms with E-state index in [1.165, 1.54) is 16.3 Å². The molecule has 0 bridgehead atoms. The molecule has 1 aliphatic carbocycles. The summed E-state index contributed by atoms with van der Waals surface area (Å²) < 4.78 is 0. The number of rotatable bonds is 6. The summed E-state index contributed by atoms with van der Waals surface area (Å²) in [4.78, 5) is 10.7. The molecule has 1 fully saturated rings. The highest BCUT2D eigenvalue weighted by Gasteiger charge is 2.42. The van der Waals surface area contributed by atoms with Crippen LogP contribution in [0.5, 0.6) is 0 Å². The molecule has 3 heteroatoms. The van der Waals surface area contributed by atoms with Crippen molar-refractivity contribution in [3.8, 4) is 0 Å². The molecular weight excluding hydrogens is 250 g/mol. The molecule has 2 aromatic carbocycles. The Bertz CT molecular complexity index is 618. The van der Waals surface area contributed by atoms with Crippen LogP contribution in [0.4, 0.5) is 0 Å². The first-order valence-corrected chi connectivity index (χ1v) is 7.16. The average molecular weight is 269 g/mol. The van der Waals surface area contributed by atoms with Gasteiger partial charge in [-0.2, -0.15) is 0 Å². The van der Waals surface area contributed by atoms with Gasteiger partial charge >= 0.3 is 5.97 Å². The Morgan fingerprint density at radius 2 is 2.00 bits per heavy atom. The molecule has 0 spiro atoms. The highest BCUT2D eigenvalue weighted by molar-refractivity contribution is 5.85. The summed E-state index contributed by atoms with van der Waals surface area (Å²) in [7, 11) is 0. The number of aliphatic carboxylic acids is 1. The fourth-order valence-corrected chi connectivity index (χ4v) is 2.80. The molecule has 0 amide bonds. The Labute approximate surface area is 118 Å². The number of carbonyl (C=O) groups is 1. The van der Waals surface area contributed by atoms with Gasteiger partial charge in [0.1, 0.15) is 0 Å². The van der Waals surface area contributed by atoms with E-state index in [1.807, 2.05) is 0 Å². The number of carboxylic acid groups (broad SMARTS) is 1. The second-order valence-corrected chi connectivity index (χ2v) is 5.53. The van der Waals surface area contributed by atoms with Gasteiger partial charge in [0.05, 0.1) is 5.92 Å². The van der Waals surface area contributed by atoms with Gasteiger partial charge in [-0.25, -0.2) is 0 Å². The second-order valence-electron chi connectivity index (χ2n) is 5.53. The lowest BCUT2D eigenvalue weighted by atomic mass is 10.0. The SMILES string of the molecule is O=C(O)C1CC1CNCCc1cccc2ccccc12. The van der Waals surface area contributed by atoms with Crippen LogP contribution in [-0.4, -0.2) is 24.2 Å². The largest absolute Gasteiger partial charge is 0.481 e. The van der Waals surface area contributed by atoms with E-state index in [0.717, 1.165) is 25.9 Å². The van der Waals surface area contributed by atoms with Crippen molar-refractivity contribution in [3.63, 3.8) is 0 Å². The topological polar surface area (TPSA) is 49.3 Å². The van der Waals surface area contributed by atoms with Gasteiger partial charge in [-0.1, -0.05) is 42.5 Å². The molecule has 3 nitrogen and oxygen atoms in total. The monoisotopic (exact) mass is 269 g/mol. The zero-order chi connectivity index (χ0) is 13.9. The van der Waals surface area contributed by atoms with Crippen LogP contribution >= 0.6 is 0 Å². The Hall–Kier alpha value is -1.87. The maximum absolute atomic E-state index is 10.7. The van der Waals surface area contributed by atoms with Crippen LogP contribution in [0.1, 0.15) is 12.0 Å². The first-order valence-electron chi connectivity index (χ1n) is 7.16. The minimum absolute atomic E-state index is 0.111. The van der Waals surface area contributed by atoms with Crippen molar-refractivity contribution in [2.24, 2.45) is 11.8 Å². The standard InChI is InChI=1S/C17H19NO2/c19-17(20)16-10-14(16)11-18-9-8-13-6-3-5-12-4-1-2-7-15(12)13/h1-7,14,16,18H,8-11H2,(H,19,20). The van der Waals surface area contributed by atoms with Gasteiger partial charge in [0, 0.05) is 0 Å². The molecule has 0 aromatic heterocycles. The zero-order valence-electron chi connectivity index (χ0n) is 11.4. The van der Waals surface area contributed by atoms with E-state index < -0.39 is 5.97 Å². The van der Waals surface area contributed by atoms with Gasteiger partial charge in [0.15, 0.2) is 0 Å². The van der Waals surface area contributed by atoms with Gasteiger partial charge in [-0.05, 0) is 48.2 Å². The summed E-state index contributed by atoms with van der Waals surface area (Å²) >= 11 is 0. The molecular formula is C17H19NO2. The molecule has 1 saturated carbocycles. The van der Waals surface area contributed by atoms with Crippen molar-refractivity contribution in [2.75, 3.05) is 13.1 Å². The second kappa shape index (κ2) is 5.63. The fourth-order valence-electron chi connectivity index (χ4n) is 2.80. The van der Waals surface area contributed by atoms with E-state index in [0.29, 0.717) is 5.92 Å². The average Bonchev–Trinajstić information content (AvgIpc) is 3.23. The van der Waals surface area contributed by atoms with Crippen molar-refractivity contribution in [1.82, 2.24) is 5.32 Å². The van der Waals surface area contributed by atoms with Crippen LogP contribution < -0.4 is 5.32 Å². The lowest BCUT2D eigenvalue weighted by molar-refractivity contribution is -0.138. The summed E-state index contributed by atoms with van der Waals surface area (Å²) in [6.45, 7) is 1.72. The maximum atomic E-state index is 10.7. The lowest BCUT2D eigenvalue weighted by Crippen LogP contribution is -2.21. The molecule has 1 aliphatic rings. The number of nitrogens with one attached hydrogen (secondary N) is 1. The van der Waals surface area contributed by atoms with E-state index in [1.54, 1.807) is 0 Å². The van der Waals surface area contributed by atoms with Crippen LogP contribution in [0, 0.1) is 11.8 Å². The van der Waals surface area contributed by atoms with E-state index >= 15 is 0 Å². The predicted molar refractivity (Wildman–Crippen MR) is 79.8 cm³/mol. The maximum Gasteiger partial charge on any atom is 0.306 e. The van der Waals surface area contributed by atoms with E-state index in [9.17, 15) is 4.79 Å². The van der Waals surface area contributed by atoms with Gasteiger partial charge in [-0.15, -0.1) is 0 Å². The normalized spacial score (nSPS) is 21.0. The molecule has 2 atom stereocenters. The van der Waals surface area contributed by atoms with Crippen LogP contribution in [-0.2, 0) is 11.2 Å². The van der Waals surface area contributed by atoms with Crippen LogP contribution in [0.25, 0.3) is 10.8 Å². The van der Waals surface area contributed by atoms with Gasteiger partial charge in [0.25, 0.3) is 0 Å². The van der Waals surface area contributed by atoms with E-state index in [-0.39, 0.29) is 5.92 Å². The van der Waals surface area contributed by atoms with Crippen molar-refractivity contribution in [2.45, 2.75) is 12.8 Å². The third-order valence-electron chi connectivity index (χ3n) is 4.10. The molecule has 3 rings (SSSR count). The summed E-state index contributed by atoms with van der Waals surface area (Å²) in [5.74, 6) is -0.425. The van der Waals surface area contributed by atoms with Gasteiger partial charge in [0.2, 0.25) is 0 Å². The first-order chi connectivity index (χ1) is 9.75. The number of carboxylic acids is 1. The van der Waals surface area contributed by atoms with Crippen LogP contribution in [0.3, 0.4) is 0 Å². The van der Waals surface area contributed by atoms with E-state index in [4.69, 9.17) is 5.11 Å². The number of hydrogen-bond acceptors (Lipinski definition) is 2. The predicted octanol–water partition coefficient (Wildman–Crippen LogP) is 2.69. The Balaban J connectivity index is 1.52. The zero-order valence-corrected chi connectivity index (χ0v) is 11.4. The molecule has 0 radical (unpaired) electrons. The Kier molecular flexibility index (Phi) is 3.70. The molecule has 2 N–H and O–H groups in total.